The summed E-state index contributed by atoms with van der Waals surface area (Å²) < 4.78 is 1.02. The van der Waals surface area contributed by atoms with E-state index in [2.05, 4.69) is 21.2 Å². The van der Waals surface area contributed by atoms with E-state index in [9.17, 15) is 14.4 Å². The number of carbonyl (C=O) groups excluding carboxylic acids is 3. The first-order chi connectivity index (χ1) is 11.6. The Hall–Kier alpha value is -1.89. The lowest BCUT2D eigenvalue weighted by molar-refractivity contribution is -0.133. The molecule has 0 radical (unpaired) electrons. The van der Waals surface area contributed by atoms with Crippen LogP contribution in [0.25, 0.3) is 0 Å². The molecule has 2 aliphatic rings. The number of aryl methyl sites for hydroxylation is 1. The van der Waals surface area contributed by atoms with Gasteiger partial charge in [-0.15, -0.1) is 0 Å². The molecule has 2 heterocycles. The summed E-state index contributed by atoms with van der Waals surface area (Å²) in [5, 5.41) is 2.55. The SMILES string of the molecule is O=C(CCc1ccccc1Br)N1CCC(N2C(=O)CNC2=O)CC1. The van der Waals surface area contributed by atoms with E-state index in [1.165, 1.54) is 4.90 Å². The standard InChI is InChI=1S/C17H20BrN3O3/c18-14-4-2-1-3-12(14)5-6-15(22)20-9-7-13(8-10-20)21-16(23)11-19-17(21)24/h1-4,13H,5-11H2,(H,19,24). The van der Waals surface area contributed by atoms with Gasteiger partial charge >= 0.3 is 6.03 Å². The van der Waals surface area contributed by atoms with Gasteiger partial charge in [0, 0.05) is 30.0 Å². The average Bonchev–Trinajstić information content (AvgIpc) is 2.93. The van der Waals surface area contributed by atoms with Gasteiger partial charge in [0.15, 0.2) is 0 Å². The van der Waals surface area contributed by atoms with Gasteiger partial charge in [-0.3, -0.25) is 14.5 Å². The minimum atomic E-state index is -0.307. The molecule has 128 valence electrons. The number of hydrogen-bond donors (Lipinski definition) is 1. The van der Waals surface area contributed by atoms with Gasteiger partial charge in [-0.2, -0.15) is 0 Å². The van der Waals surface area contributed by atoms with Crippen LogP contribution in [0.15, 0.2) is 28.7 Å². The summed E-state index contributed by atoms with van der Waals surface area (Å²) in [6, 6.07) is 7.51. The number of urea groups is 1. The molecule has 0 spiro atoms. The number of hydrogen-bond acceptors (Lipinski definition) is 3. The predicted octanol–water partition coefficient (Wildman–Crippen LogP) is 1.92. The highest BCUT2D eigenvalue weighted by Gasteiger charge is 2.37. The van der Waals surface area contributed by atoms with Gasteiger partial charge in [-0.05, 0) is 30.9 Å². The van der Waals surface area contributed by atoms with Crippen molar-refractivity contribution in [2.75, 3.05) is 19.6 Å². The second-order valence-electron chi connectivity index (χ2n) is 6.13. The van der Waals surface area contributed by atoms with Crippen molar-refractivity contribution in [3.05, 3.63) is 34.3 Å². The van der Waals surface area contributed by atoms with Crippen LogP contribution in [0.3, 0.4) is 0 Å². The Kier molecular flexibility index (Phi) is 5.18. The molecule has 6 nitrogen and oxygen atoms in total. The molecule has 1 aromatic carbocycles. The predicted molar refractivity (Wildman–Crippen MR) is 92.3 cm³/mol. The number of nitrogens with one attached hydrogen (secondary N) is 1. The van der Waals surface area contributed by atoms with Crippen LogP contribution < -0.4 is 5.32 Å². The summed E-state index contributed by atoms with van der Waals surface area (Å²) in [4.78, 5) is 39.0. The fourth-order valence-corrected chi connectivity index (χ4v) is 3.76. The molecule has 1 aromatic rings. The zero-order valence-electron chi connectivity index (χ0n) is 13.3. The fourth-order valence-electron chi connectivity index (χ4n) is 3.28. The van der Waals surface area contributed by atoms with Crippen LogP contribution in [0.4, 0.5) is 4.79 Å². The molecule has 2 saturated heterocycles. The van der Waals surface area contributed by atoms with Gasteiger partial charge in [0.2, 0.25) is 11.8 Å². The summed E-state index contributed by atoms with van der Waals surface area (Å²) in [7, 11) is 0. The van der Waals surface area contributed by atoms with Crippen molar-refractivity contribution >= 4 is 33.8 Å². The zero-order valence-corrected chi connectivity index (χ0v) is 14.9. The molecular formula is C17H20BrN3O3. The highest BCUT2D eigenvalue weighted by molar-refractivity contribution is 9.10. The molecule has 4 amide bonds. The third-order valence-corrected chi connectivity index (χ3v) is 5.40. The van der Waals surface area contributed by atoms with Crippen molar-refractivity contribution < 1.29 is 14.4 Å². The molecule has 0 bridgehead atoms. The molecule has 0 aliphatic carbocycles. The lowest BCUT2D eigenvalue weighted by Gasteiger charge is -2.35. The first-order valence-corrected chi connectivity index (χ1v) is 8.96. The van der Waals surface area contributed by atoms with Gasteiger partial charge in [-0.25, -0.2) is 4.79 Å². The van der Waals surface area contributed by atoms with Crippen LogP contribution in [0.1, 0.15) is 24.8 Å². The Bertz CT molecular complexity index is 640. The van der Waals surface area contributed by atoms with Crippen LogP contribution in [0, 0.1) is 0 Å². The maximum absolute atomic E-state index is 12.4. The first-order valence-electron chi connectivity index (χ1n) is 8.17. The number of amides is 4. The highest BCUT2D eigenvalue weighted by atomic mass is 79.9. The molecule has 1 N–H and O–H groups in total. The maximum Gasteiger partial charge on any atom is 0.324 e. The van der Waals surface area contributed by atoms with Crippen molar-refractivity contribution in [1.82, 2.24) is 15.1 Å². The summed E-state index contributed by atoms with van der Waals surface area (Å²) in [5.41, 5.74) is 1.13. The first kappa shape index (κ1) is 17.0. The van der Waals surface area contributed by atoms with Crippen LogP contribution >= 0.6 is 15.9 Å². The van der Waals surface area contributed by atoms with Crippen molar-refractivity contribution in [3.63, 3.8) is 0 Å². The minimum Gasteiger partial charge on any atom is -0.343 e. The van der Waals surface area contributed by atoms with Gasteiger partial charge in [-0.1, -0.05) is 34.1 Å². The minimum absolute atomic E-state index is 0.0872. The molecule has 3 rings (SSSR count). The number of benzene rings is 1. The fraction of sp³-hybridized carbons (Fsp3) is 0.471. The Morgan fingerprint density at radius 3 is 2.54 bits per heavy atom. The monoisotopic (exact) mass is 393 g/mol. The number of imide groups is 1. The van der Waals surface area contributed by atoms with E-state index in [0.717, 1.165) is 10.0 Å². The summed E-state index contributed by atoms with van der Waals surface area (Å²) in [5.74, 6) is -0.0416. The molecular weight excluding hydrogens is 374 g/mol. The van der Waals surface area contributed by atoms with E-state index in [0.29, 0.717) is 38.8 Å². The lowest BCUT2D eigenvalue weighted by Crippen LogP contribution is -2.49. The highest BCUT2D eigenvalue weighted by Crippen LogP contribution is 2.21. The molecule has 0 saturated carbocycles. The summed E-state index contributed by atoms with van der Waals surface area (Å²) in [6.45, 7) is 1.27. The van der Waals surface area contributed by atoms with Crippen molar-refractivity contribution in [2.24, 2.45) is 0 Å². The number of piperidine rings is 1. The average molecular weight is 394 g/mol. The number of carbonyl (C=O) groups is 3. The number of nitrogens with zero attached hydrogens (tertiary/aromatic N) is 2. The van der Waals surface area contributed by atoms with Crippen molar-refractivity contribution in [3.8, 4) is 0 Å². The quantitative estimate of drug-likeness (QED) is 0.794. The van der Waals surface area contributed by atoms with Crippen LogP contribution in [0.2, 0.25) is 0 Å². The number of likely N-dealkylation sites (tertiary alicyclic amines) is 1. The second-order valence-corrected chi connectivity index (χ2v) is 6.98. The van der Waals surface area contributed by atoms with Crippen LogP contribution in [0.5, 0.6) is 0 Å². The van der Waals surface area contributed by atoms with Gasteiger partial charge in [0.05, 0.1) is 6.54 Å². The Labute approximate surface area is 149 Å². The van der Waals surface area contributed by atoms with Gasteiger partial charge in [0.1, 0.15) is 0 Å². The molecule has 0 atom stereocenters. The van der Waals surface area contributed by atoms with Crippen LogP contribution in [-0.2, 0) is 16.0 Å². The van der Waals surface area contributed by atoms with Crippen LogP contribution in [-0.4, -0.2) is 53.3 Å². The summed E-state index contributed by atoms with van der Waals surface area (Å²) >= 11 is 3.50. The van der Waals surface area contributed by atoms with E-state index >= 15 is 0 Å². The second kappa shape index (κ2) is 7.34. The molecule has 2 fully saturated rings. The van der Waals surface area contributed by atoms with E-state index in [1.54, 1.807) is 0 Å². The normalized spacial score (nSPS) is 18.9. The van der Waals surface area contributed by atoms with E-state index < -0.39 is 0 Å². The third kappa shape index (κ3) is 3.61. The molecule has 0 unspecified atom stereocenters. The van der Waals surface area contributed by atoms with E-state index in [-0.39, 0.29) is 30.4 Å². The van der Waals surface area contributed by atoms with Gasteiger partial charge in [0.25, 0.3) is 0 Å². The largest absolute Gasteiger partial charge is 0.343 e. The lowest BCUT2D eigenvalue weighted by atomic mass is 10.0. The van der Waals surface area contributed by atoms with Crippen molar-refractivity contribution in [2.45, 2.75) is 31.7 Å². The smallest absolute Gasteiger partial charge is 0.324 e. The van der Waals surface area contributed by atoms with Gasteiger partial charge < -0.3 is 10.2 Å². The number of rotatable bonds is 4. The van der Waals surface area contributed by atoms with Crippen molar-refractivity contribution in [1.29, 1.82) is 0 Å². The summed E-state index contributed by atoms with van der Waals surface area (Å²) in [6.07, 6.45) is 2.48. The topological polar surface area (TPSA) is 69.7 Å². The maximum atomic E-state index is 12.4. The van der Waals surface area contributed by atoms with E-state index in [4.69, 9.17) is 0 Å². The molecule has 7 heteroatoms. The Morgan fingerprint density at radius 2 is 1.92 bits per heavy atom. The molecule has 0 aromatic heterocycles. The molecule has 2 aliphatic heterocycles. The Morgan fingerprint density at radius 1 is 1.21 bits per heavy atom. The zero-order chi connectivity index (χ0) is 17.1. The molecule has 24 heavy (non-hydrogen) atoms. The Balaban J connectivity index is 1.49. The third-order valence-electron chi connectivity index (χ3n) is 4.63. The van der Waals surface area contributed by atoms with E-state index in [1.807, 2.05) is 29.2 Å². The number of halogens is 1.